The maximum Gasteiger partial charge on any atom is 0.306 e. The van der Waals surface area contributed by atoms with E-state index in [1.54, 1.807) is 12.4 Å². The van der Waals surface area contributed by atoms with Gasteiger partial charge in [0.05, 0.1) is 18.3 Å². The van der Waals surface area contributed by atoms with Gasteiger partial charge in [-0.25, -0.2) is 0 Å². The Labute approximate surface area is 115 Å². The van der Waals surface area contributed by atoms with Gasteiger partial charge in [0.15, 0.2) is 0 Å². The van der Waals surface area contributed by atoms with E-state index in [4.69, 9.17) is 9.84 Å². The summed E-state index contributed by atoms with van der Waals surface area (Å²) in [5.74, 6) is -0.838. The lowest BCUT2D eigenvalue weighted by Gasteiger charge is -2.13. The topological polar surface area (TPSA) is 88.5 Å². The number of nitrogens with one attached hydrogen (secondary N) is 1. The minimum absolute atomic E-state index is 0.131. The van der Waals surface area contributed by atoms with E-state index in [2.05, 4.69) is 10.3 Å². The highest BCUT2D eigenvalue weighted by Crippen LogP contribution is 2.15. The molecule has 19 heavy (non-hydrogen) atoms. The number of aromatic nitrogens is 1. The molecular formula is C12H16N2O4S. The highest BCUT2D eigenvalue weighted by Gasteiger charge is 2.13. The minimum Gasteiger partial charge on any atom is -0.481 e. The Kier molecular flexibility index (Phi) is 6.91. The van der Waals surface area contributed by atoms with Crippen LogP contribution in [0.4, 0.5) is 0 Å². The van der Waals surface area contributed by atoms with E-state index >= 15 is 0 Å². The number of nitrogens with zero attached hydrogens (tertiary/aromatic N) is 1. The molecule has 1 aromatic rings. The van der Waals surface area contributed by atoms with Crippen LogP contribution in [0.2, 0.25) is 0 Å². The molecule has 0 fully saturated rings. The predicted molar refractivity (Wildman–Crippen MR) is 71.0 cm³/mol. The maximum absolute atomic E-state index is 11.6. The SMILES string of the molecule is COC(CNC(=O)CSc1ccncc1)CC(=O)O. The largest absolute Gasteiger partial charge is 0.481 e. The first kappa shape index (κ1) is 15.5. The summed E-state index contributed by atoms with van der Waals surface area (Å²) in [6.07, 6.45) is 2.68. The molecule has 1 unspecified atom stereocenters. The van der Waals surface area contributed by atoms with Crippen molar-refractivity contribution in [1.29, 1.82) is 0 Å². The molecule has 0 spiro atoms. The average Bonchev–Trinajstić information content (AvgIpc) is 2.42. The molecule has 0 saturated heterocycles. The Morgan fingerprint density at radius 2 is 2.16 bits per heavy atom. The van der Waals surface area contributed by atoms with Gasteiger partial charge in [-0.3, -0.25) is 14.6 Å². The zero-order valence-corrected chi connectivity index (χ0v) is 11.4. The van der Waals surface area contributed by atoms with Crippen LogP contribution in [0.5, 0.6) is 0 Å². The van der Waals surface area contributed by atoms with Crippen LogP contribution in [-0.4, -0.2) is 47.5 Å². The summed E-state index contributed by atoms with van der Waals surface area (Å²) < 4.78 is 4.96. The van der Waals surface area contributed by atoms with Gasteiger partial charge < -0.3 is 15.2 Å². The van der Waals surface area contributed by atoms with Crippen molar-refractivity contribution < 1.29 is 19.4 Å². The summed E-state index contributed by atoms with van der Waals surface area (Å²) in [5.41, 5.74) is 0. The molecule has 0 aromatic carbocycles. The van der Waals surface area contributed by atoms with Crippen LogP contribution in [0.25, 0.3) is 0 Å². The van der Waals surface area contributed by atoms with Crippen molar-refractivity contribution in [3.63, 3.8) is 0 Å². The normalized spacial score (nSPS) is 11.8. The number of carbonyl (C=O) groups is 2. The van der Waals surface area contributed by atoms with Gasteiger partial charge >= 0.3 is 5.97 Å². The number of thioether (sulfide) groups is 1. The first-order valence-corrected chi connectivity index (χ1v) is 6.64. The van der Waals surface area contributed by atoms with Gasteiger partial charge in [0.25, 0.3) is 0 Å². The molecule has 0 aliphatic heterocycles. The summed E-state index contributed by atoms with van der Waals surface area (Å²) in [4.78, 5) is 26.9. The molecule has 1 atom stereocenters. The van der Waals surface area contributed by atoms with E-state index in [1.807, 2.05) is 12.1 Å². The Hall–Kier alpha value is -1.60. The van der Waals surface area contributed by atoms with E-state index in [0.717, 1.165) is 4.90 Å². The molecule has 0 aliphatic rings. The first-order chi connectivity index (χ1) is 9.11. The average molecular weight is 284 g/mol. The number of hydrogen-bond acceptors (Lipinski definition) is 5. The smallest absolute Gasteiger partial charge is 0.306 e. The Balaban J connectivity index is 2.25. The third-order valence-electron chi connectivity index (χ3n) is 2.28. The number of pyridine rings is 1. The number of methoxy groups -OCH3 is 1. The second-order valence-corrected chi connectivity index (χ2v) is 4.78. The molecule has 0 aliphatic carbocycles. The number of carbonyl (C=O) groups excluding carboxylic acids is 1. The fourth-order valence-corrected chi connectivity index (χ4v) is 2.01. The van der Waals surface area contributed by atoms with Gasteiger partial charge in [-0.2, -0.15) is 0 Å². The molecule has 1 aromatic heterocycles. The van der Waals surface area contributed by atoms with Crippen LogP contribution in [-0.2, 0) is 14.3 Å². The number of ether oxygens (including phenoxy) is 1. The molecule has 6 nitrogen and oxygen atoms in total. The second-order valence-electron chi connectivity index (χ2n) is 3.73. The van der Waals surface area contributed by atoms with E-state index in [-0.39, 0.29) is 24.6 Å². The van der Waals surface area contributed by atoms with Crippen LogP contribution in [0.1, 0.15) is 6.42 Å². The summed E-state index contributed by atoms with van der Waals surface area (Å²) in [6, 6.07) is 3.64. The molecule has 1 heterocycles. The third kappa shape index (κ3) is 6.78. The van der Waals surface area contributed by atoms with Crippen LogP contribution in [0, 0.1) is 0 Å². The van der Waals surface area contributed by atoms with Crippen LogP contribution >= 0.6 is 11.8 Å². The molecule has 7 heteroatoms. The van der Waals surface area contributed by atoms with Crippen molar-refractivity contribution in [3.05, 3.63) is 24.5 Å². The zero-order chi connectivity index (χ0) is 14.1. The van der Waals surface area contributed by atoms with Crippen molar-refractivity contribution in [1.82, 2.24) is 10.3 Å². The van der Waals surface area contributed by atoms with Crippen molar-refractivity contribution in [2.24, 2.45) is 0 Å². The standard InChI is InChI=1S/C12H16N2O4S/c1-18-9(6-12(16)17)7-14-11(15)8-19-10-2-4-13-5-3-10/h2-5,9H,6-8H2,1H3,(H,14,15)(H,16,17). The predicted octanol–water partition coefficient (Wildman–Crippen LogP) is 0.780. The van der Waals surface area contributed by atoms with Crippen molar-refractivity contribution in [2.75, 3.05) is 19.4 Å². The fraction of sp³-hybridized carbons (Fsp3) is 0.417. The molecule has 2 N–H and O–H groups in total. The molecule has 0 saturated carbocycles. The number of carboxylic acid groups (broad SMARTS) is 1. The van der Waals surface area contributed by atoms with Crippen molar-refractivity contribution in [2.45, 2.75) is 17.4 Å². The van der Waals surface area contributed by atoms with Crippen LogP contribution in [0.15, 0.2) is 29.4 Å². The molecular weight excluding hydrogens is 268 g/mol. The van der Waals surface area contributed by atoms with Crippen LogP contribution < -0.4 is 5.32 Å². The Bertz CT molecular complexity index is 413. The van der Waals surface area contributed by atoms with Crippen molar-refractivity contribution in [3.8, 4) is 0 Å². The van der Waals surface area contributed by atoms with Gasteiger partial charge in [0.1, 0.15) is 0 Å². The van der Waals surface area contributed by atoms with Crippen molar-refractivity contribution >= 4 is 23.6 Å². The number of hydrogen-bond donors (Lipinski definition) is 2. The van der Waals surface area contributed by atoms with Gasteiger partial charge in [-0.1, -0.05) is 0 Å². The maximum atomic E-state index is 11.6. The molecule has 0 radical (unpaired) electrons. The van der Waals surface area contributed by atoms with Gasteiger partial charge in [0.2, 0.25) is 5.91 Å². The van der Waals surface area contributed by atoms with Gasteiger partial charge in [-0.15, -0.1) is 11.8 Å². The minimum atomic E-state index is -0.952. The van der Waals surface area contributed by atoms with E-state index < -0.39 is 12.1 Å². The number of amides is 1. The number of carboxylic acids is 1. The Morgan fingerprint density at radius 3 is 2.74 bits per heavy atom. The summed E-state index contributed by atoms with van der Waals surface area (Å²) >= 11 is 1.39. The van der Waals surface area contributed by atoms with E-state index in [9.17, 15) is 9.59 Å². The lowest BCUT2D eigenvalue weighted by molar-refractivity contribution is -0.140. The summed E-state index contributed by atoms with van der Waals surface area (Å²) in [6.45, 7) is 0.193. The monoisotopic (exact) mass is 284 g/mol. The Morgan fingerprint density at radius 1 is 1.47 bits per heavy atom. The highest BCUT2D eigenvalue weighted by atomic mass is 32.2. The van der Waals surface area contributed by atoms with Gasteiger partial charge in [0, 0.05) is 30.9 Å². The third-order valence-corrected chi connectivity index (χ3v) is 3.29. The molecule has 104 valence electrons. The van der Waals surface area contributed by atoms with E-state index in [0.29, 0.717) is 0 Å². The second kappa shape index (κ2) is 8.49. The van der Waals surface area contributed by atoms with Crippen LogP contribution in [0.3, 0.4) is 0 Å². The lowest BCUT2D eigenvalue weighted by Crippen LogP contribution is -2.35. The zero-order valence-electron chi connectivity index (χ0n) is 10.5. The number of aliphatic carboxylic acids is 1. The van der Waals surface area contributed by atoms with Gasteiger partial charge in [-0.05, 0) is 12.1 Å². The molecule has 1 rings (SSSR count). The van der Waals surface area contributed by atoms with E-state index in [1.165, 1.54) is 18.9 Å². The molecule has 1 amide bonds. The highest BCUT2D eigenvalue weighted by molar-refractivity contribution is 8.00. The quantitative estimate of drug-likeness (QED) is 0.686. The lowest BCUT2D eigenvalue weighted by atomic mass is 10.2. The number of rotatable bonds is 8. The summed E-state index contributed by atoms with van der Waals surface area (Å²) in [5, 5.41) is 11.3. The summed E-state index contributed by atoms with van der Waals surface area (Å²) in [7, 11) is 1.42. The first-order valence-electron chi connectivity index (χ1n) is 5.66. The molecule has 0 bridgehead atoms. The fourth-order valence-electron chi connectivity index (χ4n) is 1.30.